The van der Waals surface area contributed by atoms with Crippen LogP contribution >= 0.6 is 12.4 Å². The van der Waals surface area contributed by atoms with Crippen molar-refractivity contribution in [3.05, 3.63) is 33.9 Å². The average molecular weight is 344 g/mol. The van der Waals surface area contributed by atoms with E-state index in [0.717, 1.165) is 19.2 Å². The van der Waals surface area contributed by atoms with E-state index < -0.39 is 10.9 Å². The second kappa shape index (κ2) is 7.89. The summed E-state index contributed by atoms with van der Waals surface area (Å²) < 4.78 is 4.56. The van der Waals surface area contributed by atoms with Gasteiger partial charge in [-0.2, -0.15) is 0 Å². The minimum Gasteiger partial charge on any atom is -0.465 e. The zero-order valence-corrected chi connectivity index (χ0v) is 13.5. The number of esters is 1. The quantitative estimate of drug-likeness (QED) is 0.477. The van der Waals surface area contributed by atoms with Crippen molar-refractivity contribution < 1.29 is 19.2 Å². The van der Waals surface area contributed by atoms with Gasteiger partial charge >= 0.3 is 5.97 Å². The number of nitrogens with one attached hydrogen (secondary N) is 2. The summed E-state index contributed by atoms with van der Waals surface area (Å²) >= 11 is 0. The Morgan fingerprint density at radius 2 is 2.04 bits per heavy atom. The molecule has 1 aromatic carbocycles. The molecule has 1 amide bonds. The fourth-order valence-electron chi connectivity index (χ4n) is 2.16. The van der Waals surface area contributed by atoms with Crippen LogP contribution in [0.25, 0.3) is 0 Å². The number of hydrogen-bond donors (Lipinski definition) is 2. The number of nitro groups is 1. The van der Waals surface area contributed by atoms with E-state index in [1.54, 1.807) is 6.92 Å². The molecule has 0 bridgehead atoms. The van der Waals surface area contributed by atoms with Crippen molar-refractivity contribution in [3.8, 4) is 0 Å². The van der Waals surface area contributed by atoms with E-state index in [9.17, 15) is 19.7 Å². The van der Waals surface area contributed by atoms with Gasteiger partial charge in [0, 0.05) is 23.7 Å². The Hall–Kier alpha value is -2.19. The number of halogens is 1. The number of nitro benzene ring substituents is 1. The highest BCUT2D eigenvalue weighted by Crippen LogP contribution is 2.23. The number of rotatable bonds is 5. The molecule has 1 atom stereocenters. The number of non-ortho nitro benzene ring substituents is 1. The van der Waals surface area contributed by atoms with Crippen LogP contribution in [0.15, 0.2) is 18.2 Å². The van der Waals surface area contributed by atoms with E-state index in [2.05, 4.69) is 15.4 Å². The SMILES string of the molecule is COC(=O)c1cc(NC(=O)C(C)C2CNC2)cc([N+](=O)[O-])c1.Cl. The first-order valence-corrected chi connectivity index (χ1v) is 6.81. The molecule has 126 valence electrons. The van der Waals surface area contributed by atoms with E-state index >= 15 is 0 Å². The normalized spacial score (nSPS) is 14.9. The second-order valence-electron chi connectivity index (χ2n) is 5.21. The van der Waals surface area contributed by atoms with Crippen LogP contribution < -0.4 is 10.6 Å². The van der Waals surface area contributed by atoms with Gasteiger partial charge in [-0.25, -0.2) is 4.79 Å². The summed E-state index contributed by atoms with van der Waals surface area (Å²) in [7, 11) is 1.19. The number of benzene rings is 1. The summed E-state index contributed by atoms with van der Waals surface area (Å²) in [5, 5.41) is 16.6. The molecule has 8 nitrogen and oxygen atoms in total. The van der Waals surface area contributed by atoms with Gasteiger partial charge in [0.1, 0.15) is 0 Å². The van der Waals surface area contributed by atoms with Crippen molar-refractivity contribution in [2.24, 2.45) is 11.8 Å². The van der Waals surface area contributed by atoms with Crippen LogP contribution in [0.5, 0.6) is 0 Å². The first kappa shape index (κ1) is 18.9. The molecule has 23 heavy (non-hydrogen) atoms. The van der Waals surface area contributed by atoms with E-state index in [0.29, 0.717) is 0 Å². The summed E-state index contributed by atoms with van der Waals surface area (Å²) in [6.45, 7) is 3.35. The second-order valence-corrected chi connectivity index (χ2v) is 5.21. The topological polar surface area (TPSA) is 111 Å². The molecule has 2 rings (SSSR count). The molecule has 0 saturated carbocycles. The maximum Gasteiger partial charge on any atom is 0.338 e. The summed E-state index contributed by atoms with van der Waals surface area (Å²) in [5.41, 5.74) is -0.0557. The van der Waals surface area contributed by atoms with E-state index in [1.807, 2.05) is 0 Å². The van der Waals surface area contributed by atoms with Crippen molar-refractivity contribution in [3.63, 3.8) is 0 Å². The number of hydrogen-bond acceptors (Lipinski definition) is 6. The number of anilines is 1. The Kier molecular flexibility index (Phi) is 6.47. The van der Waals surface area contributed by atoms with Crippen molar-refractivity contribution in [2.45, 2.75) is 6.92 Å². The summed E-state index contributed by atoms with van der Waals surface area (Å²) in [6, 6.07) is 3.69. The minimum atomic E-state index is -0.699. The van der Waals surface area contributed by atoms with Crippen LogP contribution in [0.3, 0.4) is 0 Å². The third-order valence-corrected chi connectivity index (χ3v) is 3.75. The lowest BCUT2D eigenvalue weighted by molar-refractivity contribution is -0.384. The molecular weight excluding hydrogens is 326 g/mol. The molecule has 1 fully saturated rings. The van der Waals surface area contributed by atoms with E-state index in [-0.39, 0.29) is 47.1 Å². The van der Waals surface area contributed by atoms with Gasteiger partial charge in [-0.3, -0.25) is 14.9 Å². The number of nitrogens with zero attached hydrogens (tertiary/aromatic N) is 1. The number of amides is 1. The summed E-state index contributed by atoms with van der Waals surface area (Å²) in [4.78, 5) is 34.0. The van der Waals surface area contributed by atoms with Crippen LogP contribution in [-0.2, 0) is 9.53 Å². The molecule has 1 saturated heterocycles. The van der Waals surface area contributed by atoms with Gasteiger partial charge in [0.2, 0.25) is 5.91 Å². The van der Waals surface area contributed by atoms with Gasteiger partial charge < -0.3 is 15.4 Å². The van der Waals surface area contributed by atoms with Crippen LogP contribution in [0.2, 0.25) is 0 Å². The maximum absolute atomic E-state index is 12.2. The lowest BCUT2D eigenvalue weighted by Crippen LogP contribution is -2.48. The largest absolute Gasteiger partial charge is 0.465 e. The van der Waals surface area contributed by atoms with Crippen molar-refractivity contribution in [1.82, 2.24) is 5.32 Å². The predicted molar refractivity (Wildman–Crippen MR) is 85.8 cm³/mol. The van der Waals surface area contributed by atoms with Crippen molar-refractivity contribution in [2.75, 3.05) is 25.5 Å². The molecule has 1 aliphatic heterocycles. The van der Waals surface area contributed by atoms with E-state index in [4.69, 9.17) is 0 Å². The Morgan fingerprint density at radius 3 is 2.52 bits per heavy atom. The van der Waals surface area contributed by atoms with Gasteiger partial charge in [-0.05, 0) is 25.1 Å². The smallest absolute Gasteiger partial charge is 0.338 e. The zero-order valence-electron chi connectivity index (χ0n) is 12.7. The van der Waals surface area contributed by atoms with Gasteiger partial charge in [0.25, 0.3) is 5.69 Å². The molecule has 1 heterocycles. The Bertz CT molecular complexity index is 618. The van der Waals surface area contributed by atoms with Gasteiger partial charge in [-0.15, -0.1) is 12.4 Å². The first-order chi connectivity index (χ1) is 10.4. The maximum atomic E-state index is 12.2. The van der Waals surface area contributed by atoms with Crippen LogP contribution in [-0.4, -0.2) is 37.0 Å². The van der Waals surface area contributed by atoms with E-state index in [1.165, 1.54) is 19.2 Å². The standard InChI is InChI=1S/C14H17N3O5.ClH/c1-8(10-6-15-7-10)13(18)16-11-3-9(14(19)22-2)4-12(5-11)17(20)21;/h3-5,8,10,15H,6-7H2,1-2H3,(H,16,18);1H. The predicted octanol–water partition coefficient (Wildman–Crippen LogP) is 1.60. The number of ether oxygens (including phenoxy) is 1. The monoisotopic (exact) mass is 343 g/mol. The fraction of sp³-hybridized carbons (Fsp3) is 0.429. The number of carbonyl (C=O) groups excluding carboxylic acids is 2. The van der Waals surface area contributed by atoms with Gasteiger partial charge in [0.15, 0.2) is 0 Å². The molecule has 2 N–H and O–H groups in total. The molecule has 1 aliphatic rings. The van der Waals surface area contributed by atoms with Crippen LogP contribution in [0, 0.1) is 22.0 Å². The van der Waals surface area contributed by atoms with Crippen LogP contribution in [0.4, 0.5) is 11.4 Å². The zero-order chi connectivity index (χ0) is 16.3. The van der Waals surface area contributed by atoms with Gasteiger partial charge in [-0.1, -0.05) is 6.92 Å². The number of methoxy groups -OCH3 is 1. The molecule has 9 heteroatoms. The lowest BCUT2D eigenvalue weighted by Gasteiger charge is -2.31. The first-order valence-electron chi connectivity index (χ1n) is 6.81. The third-order valence-electron chi connectivity index (χ3n) is 3.75. The molecule has 0 aromatic heterocycles. The molecule has 0 radical (unpaired) electrons. The highest BCUT2D eigenvalue weighted by Gasteiger charge is 2.29. The molecule has 1 unspecified atom stereocenters. The Balaban J connectivity index is 0.00000264. The molecule has 1 aromatic rings. The molecular formula is C14H18ClN3O5. The summed E-state index contributed by atoms with van der Waals surface area (Å²) in [5.74, 6) is -0.904. The van der Waals surface area contributed by atoms with Crippen molar-refractivity contribution >= 4 is 35.7 Å². The Labute approximate surface area is 139 Å². The minimum absolute atomic E-state index is 0. The summed E-state index contributed by atoms with van der Waals surface area (Å²) in [6.07, 6.45) is 0. The Morgan fingerprint density at radius 1 is 1.39 bits per heavy atom. The lowest BCUT2D eigenvalue weighted by atomic mass is 9.88. The molecule has 0 aliphatic carbocycles. The third kappa shape index (κ3) is 4.40. The van der Waals surface area contributed by atoms with Gasteiger partial charge in [0.05, 0.1) is 17.6 Å². The molecule has 0 spiro atoms. The fourth-order valence-corrected chi connectivity index (χ4v) is 2.16. The highest BCUT2D eigenvalue weighted by molar-refractivity contribution is 5.96. The highest BCUT2D eigenvalue weighted by atomic mass is 35.5. The average Bonchev–Trinajstić information content (AvgIpc) is 2.43. The number of carbonyl (C=O) groups is 2. The van der Waals surface area contributed by atoms with Crippen molar-refractivity contribution in [1.29, 1.82) is 0 Å². The van der Waals surface area contributed by atoms with Crippen LogP contribution in [0.1, 0.15) is 17.3 Å².